The average molecular weight is 185 g/mol. The van der Waals surface area contributed by atoms with Gasteiger partial charge in [0, 0.05) is 18.6 Å². The molecule has 1 heterocycles. The molecule has 1 heteroatoms. The zero-order valence-electron chi connectivity index (χ0n) is 10.3. The Hall–Kier alpha value is -0.0400. The lowest BCUT2D eigenvalue weighted by molar-refractivity contribution is 0.0428. The number of hydrogen-bond acceptors (Lipinski definition) is 1. The molecule has 0 saturated carbocycles. The molecule has 0 bridgehead atoms. The van der Waals surface area contributed by atoms with Crippen LogP contribution in [-0.2, 0) is 0 Å². The lowest BCUT2D eigenvalue weighted by atomic mass is 9.92. The van der Waals surface area contributed by atoms with Gasteiger partial charge in [-0.2, -0.15) is 0 Å². The second-order valence-electron chi connectivity index (χ2n) is 4.40. The molecule has 1 saturated heterocycles. The van der Waals surface area contributed by atoms with Crippen LogP contribution in [0.5, 0.6) is 0 Å². The van der Waals surface area contributed by atoms with Crippen molar-refractivity contribution in [2.24, 2.45) is 5.92 Å². The van der Waals surface area contributed by atoms with Gasteiger partial charge in [0.25, 0.3) is 0 Å². The van der Waals surface area contributed by atoms with Crippen LogP contribution in [0.25, 0.3) is 0 Å². The molecule has 1 aliphatic rings. The molecular weight excluding hydrogens is 158 g/mol. The van der Waals surface area contributed by atoms with Crippen molar-refractivity contribution in [2.45, 2.75) is 66.5 Å². The first kappa shape index (κ1) is 13.0. The molecule has 1 atom stereocenters. The summed E-state index contributed by atoms with van der Waals surface area (Å²) in [5.74, 6) is 0.863. The van der Waals surface area contributed by atoms with E-state index in [1.807, 2.05) is 13.8 Å². The predicted molar refractivity (Wildman–Crippen MR) is 61.1 cm³/mol. The summed E-state index contributed by atoms with van der Waals surface area (Å²) < 4.78 is 0. The van der Waals surface area contributed by atoms with E-state index in [1.54, 1.807) is 0 Å². The zero-order valence-corrected chi connectivity index (χ0v) is 10.3. The Kier molecular flexibility index (Phi) is 6.40. The highest BCUT2D eigenvalue weighted by atomic mass is 15.2. The van der Waals surface area contributed by atoms with E-state index >= 15 is 0 Å². The van der Waals surface area contributed by atoms with Gasteiger partial charge in [-0.25, -0.2) is 0 Å². The highest BCUT2D eigenvalue weighted by molar-refractivity contribution is 4.85. The van der Waals surface area contributed by atoms with Crippen LogP contribution in [0.2, 0.25) is 0 Å². The average Bonchev–Trinajstić information content (AvgIpc) is 2.01. The first-order chi connectivity index (χ1) is 6.11. The minimum absolute atomic E-state index is 0.757. The van der Waals surface area contributed by atoms with Gasteiger partial charge >= 0.3 is 0 Å². The van der Waals surface area contributed by atoms with Gasteiger partial charge in [0.2, 0.25) is 0 Å². The molecule has 0 aromatic rings. The molecule has 1 unspecified atom stereocenters. The molecular formula is C12H27N. The maximum Gasteiger partial charge on any atom is 0.0113 e. The molecule has 0 N–H and O–H groups in total. The smallest absolute Gasteiger partial charge is 0.0113 e. The fourth-order valence-electron chi connectivity index (χ4n) is 1.94. The zero-order chi connectivity index (χ0) is 10.4. The van der Waals surface area contributed by atoms with Crippen molar-refractivity contribution in [3.05, 3.63) is 0 Å². The Balaban J connectivity index is 0.000000671. The normalized spacial score (nSPS) is 22.6. The summed E-state index contributed by atoms with van der Waals surface area (Å²) in [6.45, 7) is 14.6. The van der Waals surface area contributed by atoms with Crippen molar-refractivity contribution < 1.29 is 0 Å². The molecule has 0 aromatic heterocycles. The minimum Gasteiger partial charge on any atom is -0.298 e. The summed E-state index contributed by atoms with van der Waals surface area (Å²) in [6, 6.07) is 1.66. The summed E-state index contributed by atoms with van der Waals surface area (Å²) in [5, 5.41) is 0. The van der Waals surface area contributed by atoms with Gasteiger partial charge in [-0.15, -0.1) is 0 Å². The Morgan fingerprint density at radius 3 is 1.92 bits per heavy atom. The van der Waals surface area contributed by atoms with Crippen LogP contribution in [0.3, 0.4) is 0 Å². The molecule has 1 rings (SSSR count). The van der Waals surface area contributed by atoms with Gasteiger partial charge in [-0.05, 0) is 32.6 Å². The fourth-order valence-corrected chi connectivity index (χ4v) is 1.94. The summed E-state index contributed by atoms with van der Waals surface area (Å²) in [4.78, 5) is 2.61. The first-order valence-electron chi connectivity index (χ1n) is 5.87. The monoisotopic (exact) mass is 185 g/mol. The molecule has 0 spiro atoms. The van der Waals surface area contributed by atoms with Gasteiger partial charge in [0.15, 0.2) is 0 Å². The van der Waals surface area contributed by atoms with Crippen molar-refractivity contribution >= 4 is 0 Å². The van der Waals surface area contributed by atoms with Crippen molar-refractivity contribution in [1.82, 2.24) is 4.90 Å². The van der Waals surface area contributed by atoms with E-state index in [0.717, 1.165) is 18.0 Å². The van der Waals surface area contributed by atoms with Crippen LogP contribution >= 0.6 is 0 Å². The Morgan fingerprint density at radius 1 is 1.15 bits per heavy atom. The number of hydrogen-bond donors (Lipinski definition) is 0. The highest BCUT2D eigenvalue weighted by Gasteiger charge is 2.29. The summed E-state index contributed by atoms with van der Waals surface area (Å²) in [7, 11) is 0. The third kappa shape index (κ3) is 4.12. The van der Waals surface area contributed by atoms with E-state index in [1.165, 1.54) is 19.4 Å². The van der Waals surface area contributed by atoms with Crippen LogP contribution in [-0.4, -0.2) is 23.5 Å². The van der Waals surface area contributed by atoms with E-state index in [4.69, 9.17) is 0 Å². The Bertz CT molecular complexity index is 118. The van der Waals surface area contributed by atoms with E-state index in [9.17, 15) is 0 Å². The second kappa shape index (κ2) is 6.42. The summed E-state index contributed by atoms with van der Waals surface area (Å²) in [5.41, 5.74) is 0. The summed E-state index contributed by atoms with van der Waals surface area (Å²) in [6.07, 6.45) is 2.81. The standard InChI is InChI=1S/C10H21N.C2H6/c1-8(2)7-10-5-6-11(10)9(3)4;1-2/h8-10H,5-7H2,1-4H3;1-2H3. The van der Waals surface area contributed by atoms with Crippen LogP contribution in [0, 0.1) is 5.92 Å². The molecule has 1 aliphatic heterocycles. The lowest BCUT2D eigenvalue weighted by Crippen LogP contribution is -2.51. The number of nitrogens with zero attached hydrogens (tertiary/aromatic N) is 1. The van der Waals surface area contributed by atoms with Crippen molar-refractivity contribution in [3.63, 3.8) is 0 Å². The van der Waals surface area contributed by atoms with Crippen molar-refractivity contribution in [3.8, 4) is 0 Å². The topological polar surface area (TPSA) is 3.24 Å². The van der Waals surface area contributed by atoms with Gasteiger partial charge in [-0.1, -0.05) is 27.7 Å². The third-order valence-corrected chi connectivity index (χ3v) is 2.60. The maximum atomic E-state index is 2.61. The molecule has 0 radical (unpaired) electrons. The molecule has 0 aromatic carbocycles. The van der Waals surface area contributed by atoms with Crippen molar-refractivity contribution in [2.75, 3.05) is 6.54 Å². The lowest BCUT2D eigenvalue weighted by Gasteiger charge is -2.44. The highest BCUT2D eigenvalue weighted by Crippen LogP contribution is 2.25. The quantitative estimate of drug-likeness (QED) is 0.650. The van der Waals surface area contributed by atoms with Gasteiger partial charge in [0.1, 0.15) is 0 Å². The Morgan fingerprint density at radius 2 is 1.69 bits per heavy atom. The largest absolute Gasteiger partial charge is 0.298 e. The van der Waals surface area contributed by atoms with Crippen molar-refractivity contribution in [1.29, 1.82) is 0 Å². The van der Waals surface area contributed by atoms with E-state index in [0.29, 0.717) is 0 Å². The van der Waals surface area contributed by atoms with Gasteiger partial charge in [0.05, 0.1) is 0 Å². The molecule has 0 amide bonds. The van der Waals surface area contributed by atoms with E-state index in [2.05, 4.69) is 32.6 Å². The molecule has 1 nitrogen and oxygen atoms in total. The van der Waals surface area contributed by atoms with E-state index < -0.39 is 0 Å². The number of rotatable bonds is 3. The molecule has 1 fully saturated rings. The van der Waals surface area contributed by atoms with Gasteiger partial charge in [-0.3, -0.25) is 4.90 Å². The molecule has 13 heavy (non-hydrogen) atoms. The second-order valence-corrected chi connectivity index (χ2v) is 4.40. The van der Waals surface area contributed by atoms with Crippen LogP contribution in [0.1, 0.15) is 54.4 Å². The van der Waals surface area contributed by atoms with Crippen LogP contribution in [0.4, 0.5) is 0 Å². The molecule has 0 aliphatic carbocycles. The SMILES string of the molecule is CC.CC(C)CC1CCN1C(C)C. The fraction of sp³-hybridized carbons (Fsp3) is 1.00. The molecule has 80 valence electrons. The summed E-state index contributed by atoms with van der Waals surface area (Å²) >= 11 is 0. The van der Waals surface area contributed by atoms with Crippen LogP contribution < -0.4 is 0 Å². The third-order valence-electron chi connectivity index (χ3n) is 2.60. The predicted octanol–water partition coefficient (Wildman–Crippen LogP) is 3.54. The maximum absolute atomic E-state index is 2.61. The van der Waals surface area contributed by atoms with Crippen LogP contribution in [0.15, 0.2) is 0 Å². The first-order valence-corrected chi connectivity index (χ1v) is 5.87. The van der Waals surface area contributed by atoms with Gasteiger partial charge < -0.3 is 0 Å². The van der Waals surface area contributed by atoms with E-state index in [-0.39, 0.29) is 0 Å². The number of likely N-dealkylation sites (tertiary alicyclic amines) is 1. The Labute approximate surface area is 84.5 Å². The minimum atomic E-state index is 0.757.